The Morgan fingerprint density at radius 1 is 1.05 bits per heavy atom. The van der Waals surface area contributed by atoms with Gasteiger partial charge in [-0.15, -0.1) is 0 Å². The second-order valence-corrected chi connectivity index (χ2v) is 4.89. The largest absolute Gasteiger partial charge is 0.492 e. The Hall–Kier alpha value is -2.08. The average molecular weight is 311 g/mol. The summed E-state index contributed by atoms with van der Waals surface area (Å²) in [5, 5.41) is 18.1. The molecule has 0 amide bonds. The predicted molar refractivity (Wildman–Crippen MR) is 84.5 cm³/mol. The van der Waals surface area contributed by atoms with Crippen LogP contribution in [0.3, 0.4) is 0 Å². The van der Waals surface area contributed by atoms with Gasteiger partial charge in [0.1, 0.15) is 12.4 Å². The summed E-state index contributed by atoms with van der Waals surface area (Å²) in [6.07, 6.45) is 2.48. The summed E-state index contributed by atoms with van der Waals surface area (Å²) >= 11 is 0. The van der Waals surface area contributed by atoms with Gasteiger partial charge in [0, 0.05) is 6.54 Å². The van der Waals surface area contributed by atoms with Crippen molar-refractivity contribution in [2.24, 2.45) is 0 Å². The summed E-state index contributed by atoms with van der Waals surface area (Å²) in [5.41, 5.74) is 2.52. The zero-order valence-electron chi connectivity index (χ0n) is 13.4. The van der Waals surface area contributed by atoms with E-state index < -0.39 is 11.9 Å². The maximum atomic E-state index is 9.10. The Kier molecular flexibility index (Phi) is 10.5. The van der Waals surface area contributed by atoms with Gasteiger partial charge in [0.15, 0.2) is 0 Å². The molecule has 1 aromatic carbocycles. The molecule has 3 N–H and O–H groups in total. The van der Waals surface area contributed by atoms with Crippen molar-refractivity contribution in [3.05, 3.63) is 29.3 Å². The zero-order valence-corrected chi connectivity index (χ0v) is 13.4. The highest BCUT2D eigenvalue weighted by Gasteiger charge is 2.04. The molecule has 0 atom stereocenters. The van der Waals surface area contributed by atoms with Gasteiger partial charge in [0.05, 0.1) is 0 Å². The van der Waals surface area contributed by atoms with E-state index in [9.17, 15) is 0 Å². The molecule has 0 heterocycles. The van der Waals surface area contributed by atoms with Crippen molar-refractivity contribution in [3.63, 3.8) is 0 Å². The van der Waals surface area contributed by atoms with Crippen molar-refractivity contribution in [2.75, 3.05) is 19.7 Å². The van der Waals surface area contributed by atoms with Crippen molar-refractivity contribution in [3.8, 4) is 5.75 Å². The summed E-state index contributed by atoms with van der Waals surface area (Å²) in [6.45, 7) is 9.15. The van der Waals surface area contributed by atoms with Crippen LogP contribution in [-0.4, -0.2) is 41.8 Å². The van der Waals surface area contributed by atoms with Crippen LogP contribution in [0, 0.1) is 13.8 Å². The van der Waals surface area contributed by atoms with E-state index in [1.165, 1.54) is 24.0 Å². The van der Waals surface area contributed by atoms with E-state index >= 15 is 0 Å². The van der Waals surface area contributed by atoms with Crippen LogP contribution >= 0.6 is 0 Å². The summed E-state index contributed by atoms with van der Waals surface area (Å²) in [4.78, 5) is 18.2. The predicted octanol–water partition coefficient (Wildman–Crippen LogP) is 2.23. The Morgan fingerprint density at radius 3 is 2.05 bits per heavy atom. The number of aliphatic carboxylic acids is 2. The molecule has 0 radical (unpaired) electrons. The van der Waals surface area contributed by atoms with E-state index in [2.05, 4.69) is 44.3 Å². The molecule has 0 aliphatic carbocycles. The topological polar surface area (TPSA) is 95.9 Å². The summed E-state index contributed by atoms with van der Waals surface area (Å²) in [5.74, 6) is -2.67. The van der Waals surface area contributed by atoms with Gasteiger partial charge < -0.3 is 20.3 Å². The minimum atomic E-state index is -1.82. The number of hydrogen-bond donors (Lipinski definition) is 3. The van der Waals surface area contributed by atoms with Crippen LogP contribution < -0.4 is 10.1 Å². The van der Waals surface area contributed by atoms with Crippen LogP contribution in [0.2, 0.25) is 0 Å². The highest BCUT2D eigenvalue weighted by molar-refractivity contribution is 6.27. The maximum absolute atomic E-state index is 9.10. The fourth-order valence-corrected chi connectivity index (χ4v) is 1.68. The van der Waals surface area contributed by atoms with Gasteiger partial charge in [-0.3, -0.25) is 0 Å². The number of ether oxygens (including phenoxy) is 1. The first-order valence-electron chi connectivity index (χ1n) is 7.24. The van der Waals surface area contributed by atoms with Crippen LogP contribution in [0.15, 0.2) is 18.2 Å². The molecule has 0 spiro atoms. The molecular weight excluding hydrogens is 286 g/mol. The molecule has 0 aliphatic heterocycles. The lowest BCUT2D eigenvalue weighted by Crippen LogP contribution is -2.21. The Balaban J connectivity index is 0.000000626. The van der Waals surface area contributed by atoms with Crippen LogP contribution in [0.5, 0.6) is 5.75 Å². The number of hydrogen-bond acceptors (Lipinski definition) is 4. The minimum Gasteiger partial charge on any atom is -0.492 e. The second-order valence-electron chi connectivity index (χ2n) is 4.89. The number of carboxylic acids is 2. The third-order valence-corrected chi connectivity index (χ3v) is 2.63. The van der Waals surface area contributed by atoms with Gasteiger partial charge >= 0.3 is 11.9 Å². The molecule has 6 heteroatoms. The molecule has 1 aromatic rings. The van der Waals surface area contributed by atoms with Gasteiger partial charge in [-0.05, 0) is 50.1 Å². The van der Waals surface area contributed by atoms with Crippen molar-refractivity contribution < 1.29 is 24.5 Å². The number of rotatable bonds is 7. The zero-order chi connectivity index (χ0) is 17.0. The lowest BCUT2D eigenvalue weighted by Gasteiger charge is -2.08. The molecule has 0 saturated heterocycles. The second kappa shape index (κ2) is 11.6. The van der Waals surface area contributed by atoms with E-state index in [0.717, 1.165) is 25.4 Å². The number of unbranched alkanes of at least 4 members (excludes halogenated alkanes) is 1. The molecular formula is C16H25NO5. The third kappa shape index (κ3) is 10.7. The average Bonchev–Trinajstić information content (AvgIpc) is 2.42. The molecule has 124 valence electrons. The molecule has 0 bridgehead atoms. The molecule has 0 unspecified atom stereocenters. The lowest BCUT2D eigenvalue weighted by atomic mass is 10.1. The van der Waals surface area contributed by atoms with Gasteiger partial charge in [0.2, 0.25) is 0 Å². The van der Waals surface area contributed by atoms with Crippen LogP contribution in [0.1, 0.15) is 30.9 Å². The van der Waals surface area contributed by atoms with E-state index in [4.69, 9.17) is 24.5 Å². The lowest BCUT2D eigenvalue weighted by molar-refractivity contribution is -0.159. The number of aryl methyl sites for hydroxylation is 2. The molecule has 6 nitrogen and oxygen atoms in total. The van der Waals surface area contributed by atoms with E-state index in [1.807, 2.05) is 0 Å². The van der Waals surface area contributed by atoms with Crippen molar-refractivity contribution in [2.45, 2.75) is 33.6 Å². The minimum absolute atomic E-state index is 0.743. The molecule has 0 aromatic heterocycles. The SMILES string of the molecule is CCCCNCCOc1cc(C)cc(C)c1.O=C(O)C(=O)O. The van der Waals surface area contributed by atoms with E-state index in [1.54, 1.807) is 0 Å². The fraction of sp³-hybridized carbons (Fsp3) is 0.500. The monoisotopic (exact) mass is 311 g/mol. The standard InChI is InChI=1S/C14H23NO.C2H2O4/c1-4-5-6-15-7-8-16-14-10-12(2)9-13(3)11-14;3-1(4)2(5)6/h9-11,15H,4-8H2,1-3H3;(H,3,4)(H,5,6). The first kappa shape index (κ1) is 19.9. The smallest absolute Gasteiger partial charge is 0.414 e. The summed E-state index contributed by atoms with van der Waals surface area (Å²) in [7, 11) is 0. The fourth-order valence-electron chi connectivity index (χ4n) is 1.68. The normalized spacial score (nSPS) is 9.59. The van der Waals surface area contributed by atoms with Crippen LogP contribution in [-0.2, 0) is 9.59 Å². The number of nitrogens with one attached hydrogen (secondary N) is 1. The number of carbonyl (C=O) groups is 2. The Bertz CT molecular complexity index is 441. The first-order valence-corrected chi connectivity index (χ1v) is 7.24. The van der Waals surface area contributed by atoms with Gasteiger partial charge in [-0.2, -0.15) is 0 Å². The summed E-state index contributed by atoms with van der Waals surface area (Å²) in [6, 6.07) is 6.32. The highest BCUT2D eigenvalue weighted by Crippen LogP contribution is 2.15. The molecule has 0 fully saturated rings. The van der Waals surface area contributed by atoms with Crippen LogP contribution in [0.4, 0.5) is 0 Å². The van der Waals surface area contributed by atoms with Crippen molar-refractivity contribution in [1.82, 2.24) is 5.32 Å². The molecule has 0 saturated carbocycles. The van der Waals surface area contributed by atoms with Gasteiger partial charge in [0.25, 0.3) is 0 Å². The van der Waals surface area contributed by atoms with Crippen molar-refractivity contribution in [1.29, 1.82) is 0 Å². The molecule has 1 rings (SSSR count). The Labute approximate surface area is 131 Å². The van der Waals surface area contributed by atoms with Gasteiger partial charge in [-0.25, -0.2) is 9.59 Å². The molecule has 0 aliphatic rings. The van der Waals surface area contributed by atoms with Crippen molar-refractivity contribution >= 4 is 11.9 Å². The van der Waals surface area contributed by atoms with E-state index in [-0.39, 0.29) is 0 Å². The van der Waals surface area contributed by atoms with E-state index in [0.29, 0.717) is 0 Å². The number of benzene rings is 1. The summed E-state index contributed by atoms with van der Waals surface area (Å²) < 4.78 is 5.69. The quantitative estimate of drug-likeness (QED) is 0.528. The maximum Gasteiger partial charge on any atom is 0.414 e. The Morgan fingerprint density at radius 2 is 1.59 bits per heavy atom. The highest BCUT2D eigenvalue weighted by atomic mass is 16.5. The van der Waals surface area contributed by atoms with Gasteiger partial charge in [-0.1, -0.05) is 19.4 Å². The molecule has 22 heavy (non-hydrogen) atoms. The third-order valence-electron chi connectivity index (χ3n) is 2.63. The number of carboxylic acid groups (broad SMARTS) is 2. The van der Waals surface area contributed by atoms with Crippen LogP contribution in [0.25, 0.3) is 0 Å². The first-order chi connectivity index (χ1) is 10.4.